The van der Waals surface area contributed by atoms with Gasteiger partial charge < -0.3 is 20.3 Å². The lowest BCUT2D eigenvalue weighted by molar-refractivity contribution is 0.0636. The molecule has 2 aliphatic rings. The first-order valence-electron chi connectivity index (χ1n) is 10.1. The molecule has 1 heterocycles. The second-order valence-corrected chi connectivity index (χ2v) is 8.87. The Morgan fingerprint density at radius 1 is 1.19 bits per heavy atom. The molecule has 0 unspecified atom stereocenters. The van der Waals surface area contributed by atoms with Crippen molar-refractivity contribution < 1.29 is 9.53 Å². The van der Waals surface area contributed by atoms with E-state index in [1.807, 2.05) is 39.0 Å². The maximum atomic E-state index is 12.1. The van der Waals surface area contributed by atoms with E-state index in [0.29, 0.717) is 17.4 Å². The van der Waals surface area contributed by atoms with Gasteiger partial charge in [0.2, 0.25) is 0 Å². The van der Waals surface area contributed by atoms with Crippen LogP contribution in [0.3, 0.4) is 0 Å². The number of piperidine rings is 1. The Bertz CT molecular complexity index is 659. The summed E-state index contributed by atoms with van der Waals surface area (Å²) in [4.78, 5) is 17.1. The zero-order valence-electron chi connectivity index (χ0n) is 17.1. The number of hydrogen-bond donors (Lipinski definition) is 2. The highest BCUT2D eigenvalue weighted by Gasteiger charge is 2.30. The Morgan fingerprint density at radius 3 is 2.37 bits per heavy atom. The molecule has 0 spiro atoms. The molecule has 1 saturated carbocycles. The van der Waals surface area contributed by atoms with E-state index in [1.54, 1.807) is 0 Å². The molecule has 1 aliphatic carbocycles. The summed E-state index contributed by atoms with van der Waals surface area (Å²) < 4.78 is 5.34. The van der Waals surface area contributed by atoms with Crippen molar-refractivity contribution in [2.45, 2.75) is 70.6 Å². The van der Waals surface area contributed by atoms with Gasteiger partial charge in [0.1, 0.15) is 5.60 Å². The van der Waals surface area contributed by atoms with Gasteiger partial charge in [0.25, 0.3) is 0 Å². The number of nitrogens with one attached hydrogen (secondary N) is 1. The number of ether oxygens (including phenoxy) is 1. The van der Waals surface area contributed by atoms with Crippen LogP contribution in [0.2, 0.25) is 0 Å². The molecule has 2 fully saturated rings. The number of carbonyl (C=O) groups excluding carboxylic acids is 1. The van der Waals surface area contributed by atoms with Gasteiger partial charge in [-0.05, 0) is 71.7 Å². The molecule has 0 radical (unpaired) electrons. The van der Waals surface area contributed by atoms with Crippen LogP contribution in [-0.2, 0) is 4.74 Å². The first-order chi connectivity index (χ1) is 12.7. The van der Waals surface area contributed by atoms with Crippen LogP contribution in [0, 0.1) is 0 Å². The lowest BCUT2D eigenvalue weighted by atomic mass is 9.89. The molecule has 150 valence electrons. The molecule has 1 aliphatic heterocycles. The zero-order valence-corrected chi connectivity index (χ0v) is 17.1. The van der Waals surface area contributed by atoms with Crippen LogP contribution in [0.25, 0.3) is 0 Å². The number of nitrogens with two attached hydrogens (primary N) is 1. The molecule has 1 aromatic rings. The first-order valence-corrected chi connectivity index (χ1v) is 10.1. The number of carbonyl (C=O) groups is 1. The van der Waals surface area contributed by atoms with E-state index in [1.165, 1.54) is 32.1 Å². The van der Waals surface area contributed by atoms with Gasteiger partial charge in [-0.15, -0.1) is 0 Å². The highest BCUT2D eigenvalue weighted by Crippen LogP contribution is 2.31. The normalized spacial score (nSPS) is 19.1. The summed E-state index contributed by atoms with van der Waals surface area (Å²) >= 11 is 0. The lowest BCUT2D eigenvalue weighted by Gasteiger charge is -2.44. The molecular formula is C21H34N4O2. The van der Waals surface area contributed by atoms with Crippen LogP contribution in [0.15, 0.2) is 18.2 Å². The van der Waals surface area contributed by atoms with Gasteiger partial charge in [-0.25, -0.2) is 4.79 Å². The van der Waals surface area contributed by atoms with Crippen LogP contribution >= 0.6 is 0 Å². The highest BCUT2D eigenvalue weighted by atomic mass is 16.6. The summed E-state index contributed by atoms with van der Waals surface area (Å²) in [7, 11) is 2.29. The Kier molecular flexibility index (Phi) is 5.84. The zero-order chi connectivity index (χ0) is 19.6. The van der Waals surface area contributed by atoms with Crippen LogP contribution in [0.1, 0.15) is 52.9 Å². The van der Waals surface area contributed by atoms with Crippen molar-refractivity contribution in [1.82, 2.24) is 4.90 Å². The van der Waals surface area contributed by atoms with Crippen LogP contribution in [0.4, 0.5) is 21.9 Å². The van der Waals surface area contributed by atoms with Crippen LogP contribution < -0.4 is 16.0 Å². The first kappa shape index (κ1) is 19.8. The molecule has 0 aromatic heterocycles. The van der Waals surface area contributed by atoms with Gasteiger partial charge in [-0.3, -0.25) is 5.32 Å². The summed E-state index contributed by atoms with van der Waals surface area (Å²) in [5, 5.41) is 2.78. The summed E-state index contributed by atoms with van der Waals surface area (Å²) in [5.74, 6) is 0. The molecule has 6 nitrogen and oxygen atoms in total. The summed E-state index contributed by atoms with van der Waals surface area (Å²) in [5.41, 5.74) is 7.77. The number of rotatable bonds is 4. The van der Waals surface area contributed by atoms with Crippen molar-refractivity contribution in [2.75, 3.05) is 36.1 Å². The predicted molar refractivity (Wildman–Crippen MR) is 111 cm³/mol. The van der Waals surface area contributed by atoms with Gasteiger partial charge in [0.05, 0.1) is 11.4 Å². The quantitative estimate of drug-likeness (QED) is 0.778. The lowest BCUT2D eigenvalue weighted by Crippen LogP contribution is -2.49. The number of nitrogens with zero attached hydrogens (tertiary/aromatic N) is 2. The van der Waals surface area contributed by atoms with E-state index in [4.69, 9.17) is 10.5 Å². The molecule has 3 rings (SSSR count). The summed E-state index contributed by atoms with van der Waals surface area (Å²) in [6.45, 7) is 7.58. The molecule has 1 saturated heterocycles. The highest BCUT2D eigenvalue weighted by molar-refractivity contribution is 5.90. The number of hydrogen-bond acceptors (Lipinski definition) is 5. The molecule has 3 N–H and O–H groups in total. The van der Waals surface area contributed by atoms with E-state index < -0.39 is 11.7 Å². The molecule has 27 heavy (non-hydrogen) atoms. The Hall–Kier alpha value is -1.95. The van der Waals surface area contributed by atoms with E-state index in [0.717, 1.165) is 24.8 Å². The van der Waals surface area contributed by atoms with E-state index in [9.17, 15) is 4.79 Å². The molecule has 0 bridgehead atoms. The second kappa shape index (κ2) is 7.97. The Labute approximate surface area is 163 Å². The number of amides is 1. The van der Waals surface area contributed by atoms with Gasteiger partial charge in [0.15, 0.2) is 0 Å². The fraction of sp³-hybridized carbons (Fsp3) is 0.667. The van der Waals surface area contributed by atoms with Crippen molar-refractivity contribution in [3.8, 4) is 0 Å². The van der Waals surface area contributed by atoms with Crippen molar-refractivity contribution in [3.63, 3.8) is 0 Å². The largest absolute Gasteiger partial charge is 0.444 e. The maximum Gasteiger partial charge on any atom is 0.412 e. The third-order valence-electron chi connectivity index (χ3n) is 5.73. The Morgan fingerprint density at radius 2 is 1.81 bits per heavy atom. The molecule has 0 atom stereocenters. The molecule has 1 amide bonds. The summed E-state index contributed by atoms with van der Waals surface area (Å²) in [6.07, 6.45) is 5.96. The van der Waals surface area contributed by atoms with Crippen molar-refractivity contribution in [2.24, 2.45) is 0 Å². The van der Waals surface area contributed by atoms with E-state index in [2.05, 4.69) is 22.2 Å². The third kappa shape index (κ3) is 5.06. The third-order valence-corrected chi connectivity index (χ3v) is 5.73. The van der Waals surface area contributed by atoms with Crippen molar-refractivity contribution in [1.29, 1.82) is 0 Å². The molecule has 6 heteroatoms. The molecular weight excluding hydrogens is 340 g/mol. The van der Waals surface area contributed by atoms with Gasteiger partial charge in [-0.1, -0.05) is 6.42 Å². The smallest absolute Gasteiger partial charge is 0.412 e. The van der Waals surface area contributed by atoms with Gasteiger partial charge >= 0.3 is 6.09 Å². The maximum absolute atomic E-state index is 12.1. The van der Waals surface area contributed by atoms with Gasteiger partial charge in [0, 0.05) is 30.9 Å². The van der Waals surface area contributed by atoms with Crippen molar-refractivity contribution >= 4 is 23.2 Å². The van der Waals surface area contributed by atoms with Gasteiger partial charge in [-0.2, -0.15) is 0 Å². The number of benzene rings is 1. The number of anilines is 3. The average Bonchev–Trinajstić information content (AvgIpc) is 2.53. The fourth-order valence-corrected chi connectivity index (χ4v) is 3.89. The fourth-order valence-electron chi connectivity index (χ4n) is 3.89. The standard InChI is InChI=1S/C21H34N4O2/c1-21(2,3)27-20(26)23-19-14-17(8-9-18(19)22)25-12-10-16(11-13-25)24(4)15-6-5-7-15/h8-9,14-16H,5-7,10-13,22H2,1-4H3,(H,23,26). The monoisotopic (exact) mass is 374 g/mol. The molecule has 1 aromatic carbocycles. The minimum Gasteiger partial charge on any atom is -0.444 e. The average molecular weight is 375 g/mol. The Balaban J connectivity index is 1.60. The van der Waals surface area contributed by atoms with Crippen LogP contribution in [-0.4, -0.2) is 48.8 Å². The van der Waals surface area contributed by atoms with E-state index >= 15 is 0 Å². The minimum atomic E-state index is -0.537. The van der Waals surface area contributed by atoms with Crippen LogP contribution in [0.5, 0.6) is 0 Å². The predicted octanol–water partition coefficient (Wildman–Crippen LogP) is 4.07. The summed E-state index contributed by atoms with van der Waals surface area (Å²) in [6, 6.07) is 7.32. The topological polar surface area (TPSA) is 70.8 Å². The number of nitrogen functional groups attached to an aromatic ring is 1. The second-order valence-electron chi connectivity index (χ2n) is 8.87. The van der Waals surface area contributed by atoms with Crippen molar-refractivity contribution in [3.05, 3.63) is 18.2 Å². The minimum absolute atomic E-state index is 0.479. The van der Waals surface area contributed by atoms with E-state index in [-0.39, 0.29) is 0 Å². The SMILES string of the molecule is CN(C1CCC1)C1CCN(c2ccc(N)c(NC(=O)OC(C)(C)C)c2)CC1.